The van der Waals surface area contributed by atoms with Gasteiger partial charge < -0.3 is 19.5 Å². The first-order valence-electron chi connectivity index (χ1n) is 13.2. The first-order chi connectivity index (χ1) is 19.0. The van der Waals surface area contributed by atoms with E-state index < -0.39 is 0 Å². The lowest BCUT2D eigenvalue weighted by Gasteiger charge is -2.31. The van der Waals surface area contributed by atoms with Gasteiger partial charge in [0.2, 0.25) is 0 Å². The van der Waals surface area contributed by atoms with Crippen LogP contribution in [0.2, 0.25) is 0 Å². The topological polar surface area (TPSA) is 64.3 Å². The van der Waals surface area contributed by atoms with Crippen LogP contribution in [0.3, 0.4) is 0 Å². The number of para-hydroxylation sites is 1. The van der Waals surface area contributed by atoms with Crippen molar-refractivity contribution in [2.45, 2.75) is 33.4 Å². The highest BCUT2D eigenvalue weighted by Gasteiger charge is 2.36. The molecule has 5 aromatic rings. The van der Waals surface area contributed by atoms with E-state index in [0.717, 1.165) is 39.8 Å². The number of carbonyl (C=O) groups excluding carboxylic acids is 1. The van der Waals surface area contributed by atoms with E-state index in [1.54, 1.807) is 0 Å². The Balaban J connectivity index is 1.48. The molecule has 0 aliphatic carbocycles. The number of hydrogen-bond donors (Lipinski definition) is 1. The van der Waals surface area contributed by atoms with Crippen LogP contribution in [0.15, 0.2) is 97.2 Å². The lowest BCUT2D eigenvalue weighted by atomic mass is 10.0. The molecule has 7 nitrogen and oxygen atoms in total. The van der Waals surface area contributed by atoms with Crippen molar-refractivity contribution in [3.05, 3.63) is 125 Å². The van der Waals surface area contributed by atoms with Crippen molar-refractivity contribution in [2.75, 3.05) is 11.9 Å². The summed E-state index contributed by atoms with van der Waals surface area (Å²) >= 11 is 0. The quantitative estimate of drug-likeness (QED) is 0.278. The molecule has 3 heterocycles. The van der Waals surface area contributed by atoms with Crippen molar-refractivity contribution < 1.29 is 9.53 Å². The monoisotopic (exact) mass is 517 g/mol. The third-order valence-electron chi connectivity index (χ3n) is 7.16. The Morgan fingerprint density at radius 1 is 0.949 bits per heavy atom. The lowest BCUT2D eigenvalue weighted by Crippen LogP contribution is -2.38. The number of benzene rings is 3. The minimum atomic E-state index is -0.306. The Kier molecular flexibility index (Phi) is 6.40. The molecule has 7 heteroatoms. The van der Waals surface area contributed by atoms with E-state index in [2.05, 4.69) is 65.5 Å². The first-order valence-corrected chi connectivity index (χ1v) is 13.2. The van der Waals surface area contributed by atoms with Gasteiger partial charge in [0.05, 0.1) is 36.3 Å². The Hall–Kier alpha value is -4.78. The van der Waals surface area contributed by atoms with Crippen molar-refractivity contribution in [3.63, 3.8) is 0 Å². The third kappa shape index (κ3) is 4.56. The van der Waals surface area contributed by atoms with Crippen LogP contribution in [-0.4, -0.2) is 31.9 Å². The highest BCUT2D eigenvalue weighted by Crippen LogP contribution is 2.38. The molecule has 1 aliphatic heterocycles. The number of urea groups is 1. The highest BCUT2D eigenvalue weighted by atomic mass is 16.5. The van der Waals surface area contributed by atoms with Crippen LogP contribution >= 0.6 is 0 Å². The fourth-order valence-electron chi connectivity index (χ4n) is 5.25. The Morgan fingerprint density at radius 3 is 2.41 bits per heavy atom. The minimum absolute atomic E-state index is 0.183. The summed E-state index contributed by atoms with van der Waals surface area (Å²) in [6, 6.07) is 29.7. The molecular weight excluding hydrogens is 486 g/mol. The number of aromatic nitrogens is 3. The maximum atomic E-state index is 14.1. The normalized spacial score (nSPS) is 14.3. The van der Waals surface area contributed by atoms with Gasteiger partial charge in [-0.05, 0) is 74.9 Å². The van der Waals surface area contributed by atoms with E-state index in [1.807, 2.05) is 72.0 Å². The van der Waals surface area contributed by atoms with Crippen LogP contribution in [0.1, 0.15) is 41.0 Å². The zero-order valence-electron chi connectivity index (χ0n) is 22.3. The predicted octanol–water partition coefficient (Wildman–Crippen LogP) is 6.82. The SMILES string of the molecule is CCOc1ccc(NC(=O)N2Cc3c(C)nn(-c4ccccc4)c3-n3cccc3[C@H]2c2ccc(C)cc2)cc1. The van der Waals surface area contributed by atoms with E-state index in [4.69, 9.17) is 9.84 Å². The van der Waals surface area contributed by atoms with Crippen LogP contribution in [0.25, 0.3) is 11.5 Å². The Labute approximate surface area is 228 Å². The van der Waals surface area contributed by atoms with Crippen LogP contribution in [0, 0.1) is 13.8 Å². The summed E-state index contributed by atoms with van der Waals surface area (Å²) in [4.78, 5) is 16.0. The van der Waals surface area contributed by atoms with E-state index in [-0.39, 0.29) is 12.1 Å². The molecule has 1 N–H and O–H groups in total. The number of hydrogen-bond acceptors (Lipinski definition) is 3. The zero-order chi connectivity index (χ0) is 26.9. The summed E-state index contributed by atoms with van der Waals surface area (Å²) < 4.78 is 9.73. The van der Waals surface area contributed by atoms with Gasteiger partial charge >= 0.3 is 6.03 Å². The summed E-state index contributed by atoms with van der Waals surface area (Å²) in [5, 5.41) is 8.05. The maximum absolute atomic E-state index is 14.1. The Bertz CT molecular complexity index is 1600. The number of ether oxygens (including phenoxy) is 1. The van der Waals surface area contributed by atoms with Gasteiger partial charge in [0.25, 0.3) is 0 Å². The molecule has 0 radical (unpaired) electrons. The minimum Gasteiger partial charge on any atom is -0.494 e. The van der Waals surface area contributed by atoms with Gasteiger partial charge in [-0.3, -0.25) is 0 Å². The number of fused-ring (bicyclic) bond motifs is 3. The van der Waals surface area contributed by atoms with Crippen molar-refractivity contribution in [3.8, 4) is 17.3 Å². The fourth-order valence-corrected chi connectivity index (χ4v) is 5.25. The lowest BCUT2D eigenvalue weighted by molar-refractivity contribution is 0.194. The second-order valence-electron chi connectivity index (χ2n) is 9.77. The summed E-state index contributed by atoms with van der Waals surface area (Å²) in [5.74, 6) is 1.72. The van der Waals surface area contributed by atoms with Gasteiger partial charge in [-0.25, -0.2) is 9.48 Å². The number of nitrogens with zero attached hydrogens (tertiary/aromatic N) is 4. The van der Waals surface area contributed by atoms with E-state index in [9.17, 15) is 4.79 Å². The third-order valence-corrected chi connectivity index (χ3v) is 7.16. The summed E-state index contributed by atoms with van der Waals surface area (Å²) in [6.07, 6.45) is 2.06. The van der Waals surface area contributed by atoms with Crippen LogP contribution < -0.4 is 10.1 Å². The molecule has 196 valence electrons. The average molecular weight is 518 g/mol. The van der Waals surface area contributed by atoms with E-state index in [1.165, 1.54) is 5.56 Å². The van der Waals surface area contributed by atoms with E-state index >= 15 is 0 Å². The van der Waals surface area contributed by atoms with Crippen molar-refractivity contribution >= 4 is 11.7 Å². The van der Waals surface area contributed by atoms with Gasteiger partial charge in [0.1, 0.15) is 11.6 Å². The molecule has 2 aromatic heterocycles. The molecule has 39 heavy (non-hydrogen) atoms. The summed E-state index contributed by atoms with van der Waals surface area (Å²) in [6.45, 7) is 7.03. The van der Waals surface area contributed by atoms with E-state index in [0.29, 0.717) is 18.8 Å². The van der Waals surface area contributed by atoms with Gasteiger partial charge in [-0.15, -0.1) is 0 Å². The molecule has 0 bridgehead atoms. The number of aryl methyl sites for hydroxylation is 2. The van der Waals surface area contributed by atoms with Gasteiger partial charge in [0.15, 0.2) is 0 Å². The van der Waals surface area contributed by atoms with Crippen LogP contribution in [0.4, 0.5) is 10.5 Å². The van der Waals surface area contributed by atoms with Crippen LogP contribution in [-0.2, 0) is 6.54 Å². The molecule has 0 saturated heterocycles. The molecule has 1 atom stereocenters. The average Bonchev–Trinajstić information content (AvgIpc) is 3.51. The number of rotatable bonds is 5. The number of carbonyl (C=O) groups is 1. The number of anilines is 1. The molecule has 1 aliphatic rings. The van der Waals surface area contributed by atoms with Crippen molar-refractivity contribution in [2.24, 2.45) is 0 Å². The maximum Gasteiger partial charge on any atom is 0.322 e. The molecule has 0 unspecified atom stereocenters. The highest BCUT2D eigenvalue weighted by molar-refractivity contribution is 5.90. The molecule has 0 saturated carbocycles. The molecule has 0 spiro atoms. The van der Waals surface area contributed by atoms with Gasteiger partial charge in [-0.1, -0.05) is 48.0 Å². The zero-order valence-corrected chi connectivity index (χ0v) is 22.3. The standard InChI is InChI=1S/C32H31N5O2/c1-4-39-27-18-16-25(17-19-27)33-32(38)36-21-28-23(3)34-37(26-9-6-5-7-10-26)31(28)35-20-8-11-29(35)30(36)24-14-12-22(2)13-15-24/h5-20,30H,4,21H2,1-3H3,(H,33,38)/t30-/m1/s1. The molecule has 3 aromatic carbocycles. The largest absolute Gasteiger partial charge is 0.494 e. The second kappa shape index (κ2) is 10.2. The van der Waals surface area contributed by atoms with Gasteiger partial charge in [0, 0.05) is 17.4 Å². The van der Waals surface area contributed by atoms with Gasteiger partial charge in [-0.2, -0.15) is 5.10 Å². The first kappa shape index (κ1) is 24.6. The molecule has 2 amide bonds. The molecule has 6 rings (SSSR count). The predicted molar refractivity (Wildman–Crippen MR) is 153 cm³/mol. The molecule has 0 fully saturated rings. The Morgan fingerprint density at radius 2 is 1.69 bits per heavy atom. The summed E-state index contributed by atoms with van der Waals surface area (Å²) in [7, 11) is 0. The number of nitrogens with one attached hydrogen (secondary N) is 1. The smallest absolute Gasteiger partial charge is 0.322 e. The number of amides is 2. The fraction of sp³-hybridized carbons (Fsp3) is 0.188. The second-order valence-corrected chi connectivity index (χ2v) is 9.77. The van der Waals surface area contributed by atoms with Crippen molar-refractivity contribution in [1.29, 1.82) is 0 Å². The molecular formula is C32H31N5O2. The summed E-state index contributed by atoms with van der Waals surface area (Å²) in [5.41, 5.74) is 6.79. The van der Waals surface area contributed by atoms with Crippen molar-refractivity contribution in [1.82, 2.24) is 19.2 Å². The van der Waals surface area contributed by atoms with Crippen LogP contribution in [0.5, 0.6) is 5.75 Å².